The van der Waals surface area contributed by atoms with E-state index in [1.807, 2.05) is 0 Å². The highest BCUT2D eigenvalue weighted by molar-refractivity contribution is 8.01. The van der Waals surface area contributed by atoms with Crippen LogP contribution in [0, 0.1) is 0 Å². The van der Waals surface area contributed by atoms with Gasteiger partial charge in [0.1, 0.15) is 23.7 Å². The van der Waals surface area contributed by atoms with Crippen molar-refractivity contribution in [1.82, 2.24) is 35.0 Å². The maximum atomic E-state index is 12.8. The molecule has 1 aromatic carbocycles. The van der Waals surface area contributed by atoms with Gasteiger partial charge in [0.2, 0.25) is 11.1 Å². The first kappa shape index (κ1) is 22.2. The number of β-lactam (4-membered cyclic amide) rings is 1. The van der Waals surface area contributed by atoms with Gasteiger partial charge in [0.25, 0.3) is 5.91 Å². The summed E-state index contributed by atoms with van der Waals surface area (Å²) in [5.74, 6) is -2.30. The van der Waals surface area contributed by atoms with Crippen LogP contribution in [0.15, 0.2) is 49.9 Å². The Hall–Kier alpha value is -3.59. The van der Waals surface area contributed by atoms with E-state index in [9.17, 15) is 24.3 Å². The van der Waals surface area contributed by atoms with Crippen molar-refractivity contribution in [1.29, 1.82) is 0 Å². The number of benzene rings is 1. The Balaban J connectivity index is 1.29. The molecule has 1 unspecified atom stereocenters. The molecular weight excluding hydrogens is 486 g/mol. The first-order valence-electron chi connectivity index (χ1n) is 9.98. The second-order valence-electron chi connectivity index (χ2n) is 7.51. The molecule has 0 aliphatic carbocycles. The average Bonchev–Trinajstić information content (AvgIpc) is 3.37. The number of fused-ring (bicyclic) bond motifs is 2. The average molecular weight is 504 g/mol. The molecule has 1 saturated heterocycles. The van der Waals surface area contributed by atoms with Crippen LogP contribution in [-0.2, 0) is 28.0 Å². The normalized spacial score (nSPS) is 19.8. The molecule has 2 amide bonds. The number of oxazole rings is 1. The van der Waals surface area contributed by atoms with Gasteiger partial charge >= 0.3 is 11.7 Å². The third-order valence-corrected chi connectivity index (χ3v) is 7.84. The van der Waals surface area contributed by atoms with Gasteiger partial charge in [0.15, 0.2) is 5.58 Å². The Kier molecular flexibility index (Phi) is 5.65. The number of amides is 2. The fourth-order valence-electron chi connectivity index (χ4n) is 3.82. The fraction of sp³-hybridized carbons (Fsp3) is 0.316. The number of para-hydroxylation sites is 2. The molecule has 34 heavy (non-hydrogen) atoms. The van der Waals surface area contributed by atoms with Crippen LogP contribution < -0.4 is 11.1 Å². The molecule has 15 heteroatoms. The Morgan fingerprint density at radius 1 is 1.32 bits per heavy atom. The van der Waals surface area contributed by atoms with Gasteiger partial charge in [-0.05, 0) is 28.1 Å². The summed E-state index contributed by atoms with van der Waals surface area (Å²) in [5.41, 5.74) is 1.30. The first-order chi connectivity index (χ1) is 16.3. The Morgan fingerprint density at radius 3 is 2.85 bits per heavy atom. The van der Waals surface area contributed by atoms with Crippen LogP contribution in [0.5, 0.6) is 0 Å². The number of aliphatic carboxylic acids is 1. The number of nitrogens with one attached hydrogen (secondary N) is 1. The van der Waals surface area contributed by atoms with E-state index in [-0.39, 0.29) is 12.2 Å². The van der Waals surface area contributed by atoms with Crippen LogP contribution >= 0.6 is 23.5 Å². The van der Waals surface area contributed by atoms with Crippen LogP contribution in [0.2, 0.25) is 0 Å². The van der Waals surface area contributed by atoms with E-state index in [2.05, 4.69) is 20.8 Å². The van der Waals surface area contributed by atoms with Gasteiger partial charge in [-0.25, -0.2) is 14.3 Å². The zero-order chi connectivity index (χ0) is 24.0. The molecule has 176 valence electrons. The van der Waals surface area contributed by atoms with Gasteiger partial charge in [-0.1, -0.05) is 23.9 Å². The maximum Gasteiger partial charge on any atom is 0.420 e. The molecular formula is C19H17N7O6S2. The quantitative estimate of drug-likeness (QED) is 0.320. The van der Waals surface area contributed by atoms with Crippen LogP contribution in [0.1, 0.15) is 0 Å². The number of carboxylic acid groups (broad SMARTS) is 1. The third-order valence-electron chi connectivity index (χ3n) is 5.40. The summed E-state index contributed by atoms with van der Waals surface area (Å²) in [4.78, 5) is 50.7. The van der Waals surface area contributed by atoms with Gasteiger partial charge in [-0.2, -0.15) is 0 Å². The molecule has 2 aliphatic rings. The van der Waals surface area contributed by atoms with Crippen LogP contribution in [-0.4, -0.2) is 75.5 Å². The largest absolute Gasteiger partial charge is 0.477 e. The number of thioether (sulfide) groups is 2. The molecule has 2 N–H and O–H groups in total. The Bertz CT molecular complexity index is 1410. The predicted molar refractivity (Wildman–Crippen MR) is 120 cm³/mol. The van der Waals surface area contributed by atoms with Crippen molar-refractivity contribution < 1.29 is 23.9 Å². The minimum absolute atomic E-state index is 0.0843. The highest BCUT2D eigenvalue weighted by Gasteiger charge is 2.54. The molecule has 2 atom stereocenters. The standard InChI is InChI=1S/C19H17N7O6S2/c1-24-18(21-22-23-24)34-8-9-7-33-16-13(15(28)26(16)14(9)17(29)30)20-12(27)6-25-10-4-2-3-5-11(10)32-19(25)31/h2-5,13,16H,6-8H2,1H3,(H,20,27)(H,29,30)/t13?,16-/m1/s1. The molecule has 13 nitrogen and oxygen atoms in total. The summed E-state index contributed by atoms with van der Waals surface area (Å²) >= 11 is 2.63. The van der Waals surface area contributed by atoms with Crippen molar-refractivity contribution in [3.8, 4) is 0 Å². The van der Waals surface area contributed by atoms with E-state index < -0.39 is 35.0 Å². The summed E-state index contributed by atoms with van der Waals surface area (Å²) in [7, 11) is 1.67. The maximum absolute atomic E-state index is 12.8. The lowest BCUT2D eigenvalue weighted by Crippen LogP contribution is -2.70. The van der Waals surface area contributed by atoms with Crippen molar-refractivity contribution in [2.45, 2.75) is 23.1 Å². The monoisotopic (exact) mass is 503 g/mol. The second-order valence-corrected chi connectivity index (χ2v) is 9.56. The SMILES string of the molecule is Cn1nnnc1SCC1=C(C(=O)O)N2C(=O)C(NC(=O)Cn3c(=O)oc4ccccc43)[C@H]2SC1. The molecule has 1 fully saturated rings. The van der Waals surface area contributed by atoms with Gasteiger partial charge in [-0.3, -0.25) is 19.1 Å². The molecule has 0 spiro atoms. The van der Waals surface area contributed by atoms with Crippen LogP contribution in [0.4, 0.5) is 0 Å². The number of aryl methyl sites for hydroxylation is 1. The lowest BCUT2D eigenvalue weighted by Gasteiger charge is -2.49. The number of carbonyl (C=O) groups is 3. The highest BCUT2D eigenvalue weighted by atomic mass is 32.2. The minimum Gasteiger partial charge on any atom is -0.477 e. The molecule has 0 bridgehead atoms. The zero-order valence-corrected chi connectivity index (χ0v) is 19.2. The lowest BCUT2D eigenvalue weighted by atomic mass is 10.0. The molecule has 2 aliphatic heterocycles. The van der Waals surface area contributed by atoms with Gasteiger partial charge in [0, 0.05) is 18.6 Å². The molecule has 3 aromatic rings. The minimum atomic E-state index is -1.22. The number of nitrogens with zero attached hydrogens (tertiary/aromatic N) is 6. The van der Waals surface area contributed by atoms with Crippen molar-refractivity contribution in [2.24, 2.45) is 7.05 Å². The Labute approximate surface area is 199 Å². The molecule has 2 aromatic heterocycles. The molecule has 0 saturated carbocycles. The summed E-state index contributed by atoms with van der Waals surface area (Å²) in [6.07, 6.45) is 0. The van der Waals surface area contributed by atoms with Crippen molar-refractivity contribution >= 4 is 52.4 Å². The van der Waals surface area contributed by atoms with Crippen molar-refractivity contribution in [3.05, 3.63) is 46.1 Å². The van der Waals surface area contributed by atoms with Gasteiger partial charge in [-0.15, -0.1) is 16.9 Å². The fourth-order valence-corrected chi connectivity index (χ4v) is 6.15. The number of hydrogen-bond donors (Lipinski definition) is 2. The van der Waals surface area contributed by atoms with Gasteiger partial charge in [0.05, 0.1) is 5.52 Å². The number of carboxylic acids is 1. The lowest BCUT2D eigenvalue weighted by molar-refractivity contribution is -0.150. The van der Waals surface area contributed by atoms with Crippen LogP contribution in [0.3, 0.4) is 0 Å². The van der Waals surface area contributed by atoms with E-state index in [0.29, 0.717) is 33.3 Å². The second kappa shape index (κ2) is 8.64. The van der Waals surface area contributed by atoms with E-state index in [0.717, 1.165) is 0 Å². The summed E-state index contributed by atoms with van der Waals surface area (Å²) < 4.78 is 7.77. The summed E-state index contributed by atoms with van der Waals surface area (Å²) in [5, 5.41) is 23.5. The number of aromatic nitrogens is 5. The Morgan fingerprint density at radius 2 is 2.12 bits per heavy atom. The van der Waals surface area contributed by atoms with Gasteiger partial charge < -0.3 is 14.8 Å². The number of carbonyl (C=O) groups excluding carboxylic acids is 2. The smallest absolute Gasteiger partial charge is 0.420 e. The van der Waals surface area contributed by atoms with Crippen molar-refractivity contribution in [2.75, 3.05) is 11.5 Å². The summed E-state index contributed by atoms with van der Waals surface area (Å²) in [6, 6.07) is 5.81. The van der Waals surface area contributed by atoms with E-state index >= 15 is 0 Å². The number of hydrogen-bond acceptors (Lipinski definition) is 10. The zero-order valence-electron chi connectivity index (χ0n) is 17.6. The van der Waals surface area contributed by atoms with E-state index in [1.165, 1.54) is 37.7 Å². The third kappa shape index (κ3) is 3.75. The predicted octanol–water partition coefficient (Wildman–Crippen LogP) is -0.351. The van der Waals surface area contributed by atoms with Crippen LogP contribution in [0.25, 0.3) is 11.1 Å². The number of tetrazole rings is 1. The van der Waals surface area contributed by atoms with E-state index in [1.54, 1.807) is 31.3 Å². The van der Waals surface area contributed by atoms with Crippen molar-refractivity contribution in [3.63, 3.8) is 0 Å². The first-order valence-corrected chi connectivity index (χ1v) is 12.0. The molecule has 4 heterocycles. The molecule has 5 rings (SSSR count). The topological polar surface area (TPSA) is 165 Å². The summed E-state index contributed by atoms with van der Waals surface area (Å²) in [6.45, 7) is -0.327. The van der Waals surface area contributed by atoms with E-state index in [4.69, 9.17) is 4.42 Å². The molecule has 0 radical (unpaired) electrons. The highest BCUT2D eigenvalue weighted by Crippen LogP contribution is 2.41. The number of rotatable bonds is 7.